The maximum atomic E-state index is 11.8. The second-order valence-corrected chi connectivity index (χ2v) is 3.93. The number of carbonyl (C=O) groups is 1. The summed E-state index contributed by atoms with van der Waals surface area (Å²) in [6, 6.07) is 7.08. The van der Waals surface area contributed by atoms with Crippen LogP contribution in [0, 0.1) is 11.3 Å². The van der Waals surface area contributed by atoms with E-state index in [0.717, 1.165) is 18.8 Å². The minimum absolute atomic E-state index is 0.423. The Hall–Kier alpha value is -2.06. The van der Waals surface area contributed by atoms with Gasteiger partial charge in [-0.25, -0.2) is 4.79 Å². The summed E-state index contributed by atoms with van der Waals surface area (Å²) in [7, 11) is 1.34. The van der Waals surface area contributed by atoms with Crippen molar-refractivity contribution in [2.24, 2.45) is 0 Å². The fraction of sp³-hybridized carbons (Fsp3) is 0.385. The summed E-state index contributed by atoms with van der Waals surface area (Å²) in [4.78, 5) is 13.8. The Kier molecular flexibility index (Phi) is 3.80. The zero-order chi connectivity index (χ0) is 13.0. The first-order chi connectivity index (χ1) is 8.76. The van der Waals surface area contributed by atoms with Crippen LogP contribution in [0.1, 0.15) is 15.9 Å². The molecule has 1 heterocycles. The molecule has 1 fully saturated rings. The number of anilines is 1. The maximum absolute atomic E-state index is 11.8. The first-order valence-corrected chi connectivity index (χ1v) is 5.71. The molecule has 1 aliphatic rings. The highest BCUT2D eigenvalue weighted by atomic mass is 16.5. The van der Waals surface area contributed by atoms with E-state index in [9.17, 15) is 4.79 Å². The van der Waals surface area contributed by atoms with Crippen LogP contribution in [0.3, 0.4) is 0 Å². The lowest BCUT2D eigenvalue weighted by atomic mass is 10.1. The van der Waals surface area contributed by atoms with Gasteiger partial charge in [0.05, 0.1) is 43.2 Å². The molecule has 1 aromatic rings. The Balaban J connectivity index is 2.39. The van der Waals surface area contributed by atoms with Gasteiger partial charge in [0.15, 0.2) is 0 Å². The lowest BCUT2D eigenvalue weighted by Gasteiger charge is -2.30. The second-order valence-electron chi connectivity index (χ2n) is 3.93. The minimum Gasteiger partial charge on any atom is -0.465 e. The van der Waals surface area contributed by atoms with E-state index in [1.54, 1.807) is 18.2 Å². The highest BCUT2D eigenvalue weighted by Gasteiger charge is 2.19. The van der Waals surface area contributed by atoms with Gasteiger partial charge in [0.2, 0.25) is 0 Å². The van der Waals surface area contributed by atoms with Crippen molar-refractivity contribution < 1.29 is 14.3 Å². The van der Waals surface area contributed by atoms with Gasteiger partial charge in [-0.2, -0.15) is 5.26 Å². The summed E-state index contributed by atoms with van der Waals surface area (Å²) in [5, 5.41) is 8.88. The summed E-state index contributed by atoms with van der Waals surface area (Å²) >= 11 is 0. The fourth-order valence-corrected chi connectivity index (χ4v) is 1.96. The molecule has 0 bridgehead atoms. The Labute approximate surface area is 106 Å². The number of benzene rings is 1. The van der Waals surface area contributed by atoms with Gasteiger partial charge >= 0.3 is 5.97 Å². The Morgan fingerprint density at radius 1 is 1.44 bits per heavy atom. The summed E-state index contributed by atoms with van der Waals surface area (Å²) in [5.41, 5.74) is 1.68. The lowest BCUT2D eigenvalue weighted by molar-refractivity contribution is 0.0600. The average Bonchev–Trinajstić information content (AvgIpc) is 2.46. The van der Waals surface area contributed by atoms with Crippen molar-refractivity contribution >= 4 is 11.7 Å². The van der Waals surface area contributed by atoms with Crippen molar-refractivity contribution in [3.05, 3.63) is 29.3 Å². The van der Waals surface area contributed by atoms with Crippen LogP contribution >= 0.6 is 0 Å². The third-order valence-electron chi connectivity index (χ3n) is 2.88. The molecule has 18 heavy (non-hydrogen) atoms. The molecule has 94 valence electrons. The molecule has 1 saturated heterocycles. The second kappa shape index (κ2) is 5.52. The molecule has 1 aliphatic heterocycles. The van der Waals surface area contributed by atoms with Gasteiger partial charge < -0.3 is 14.4 Å². The maximum Gasteiger partial charge on any atom is 0.340 e. The summed E-state index contributed by atoms with van der Waals surface area (Å²) in [5.74, 6) is -0.423. The van der Waals surface area contributed by atoms with Crippen LogP contribution in [-0.2, 0) is 9.47 Å². The zero-order valence-corrected chi connectivity index (χ0v) is 10.2. The molecule has 0 aliphatic carbocycles. The van der Waals surface area contributed by atoms with Crippen molar-refractivity contribution in [1.82, 2.24) is 0 Å². The normalized spacial score (nSPS) is 15.0. The number of ether oxygens (including phenoxy) is 2. The number of methoxy groups -OCH3 is 1. The monoisotopic (exact) mass is 246 g/mol. The molecule has 0 amide bonds. The van der Waals surface area contributed by atoms with Gasteiger partial charge in [-0.1, -0.05) is 0 Å². The molecule has 0 N–H and O–H groups in total. The van der Waals surface area contributed by atoms with Gasteiger partial charge in [-0.3, -0.25) is 0 Å². The molecule has 0 unspecified atom stereocenters. The third kappa shape index (κ3) is 2.44. The number of rotatable bonds is 2. The largest absolute Gasteiger partial charge is 0.465 e. The minimum atomic E-state index is -0.423. The van der Waals surface area contributed by atoms with E-state index in [1.807, 2.05) is 6.07 Å². The SMILES string of the molecule is COC(=O)c1cc(C#N)ccc1N1CCOCC1. The first kappa shape index (κ1) is 12.4. The van der Waals surface area contributed by atoms with E-state index in [0.29, 0.717) is 24.3 Å². The molecule has 1 aromatic carbocycles. The number of esters is 1. The molecule has 5 nitrogen and oxygen atoms in total. The van der Waals surface area contributed by atoms with Crippen molar-refractivity contribution in [3.63, 3.8) is 0 Å². The molecular formula is C13H14N2O3. The van der Waals surface area contributed by atoms with Crippen molar-refractivity contribution in [1.29, 1.82) is 5.26 Å². The topological polar surface area (TPSA) is 62.6 Å². The van der Waals surface area contributed by atoms with Crippen molar-refractivity contribution in [2.45, 2.75) is 0 Å². The fourth-order valence-electron chi connectivity index (χ4n) is 1.96. The smallest absolute Gasteiger partial charge is 0.340 e. The van der Waals surface area contributed by atoms with Crippen molar-refractivity contribution in [2.75, 3.05) is 38.3 Å². The van der Waals surface area contributed by atoms with Crippen LogP contribution in [0.2, 0.25) is 0 Å². The van der Waals surface area contributed by atoms with Crippen molar-refractivity contribution in [3.8, 4) is 6.07 Å². The molecule has 0 aromatic heterocycles. The predicted molar refractivity (Wildman–Crippen MR) is 65.5 cm³/mol. The van der Waals surface area contributed by atoms with Crippen LogP contribution in [0.15, 0.2) is 18.2 Å². The summed E-state index contributed by atoms with van der Waals surface area (Å²) in [6.45, 7) is 2.74. The number of hydrogen-bond donors (Lipinski definition) is 0. The predicted octanol–water partition coefficient (Wildman–Crippen LogP) is 1.18. The van der Waals surface area contributed by atoms with Crippen LogP contribution < -0.4 is 4.90 Å². The summed E-state index contributed by atoms with van der Waals surface area (Å²) in [6.07, 6.45) is 0. The number of carbonyl (C=O) groups excluding carboxylic acids is 1. The Morgan fingerprint density at radius 3 is 2.78 bits per heavy atom. The van der Waals surface area contributed by atoms with Crippen LogP contribution in [0.25, 0.3) is 0 Å². The molecule has 0 saturated carbocycles. The molecule has 5 heteroatoms. The number of morpholine rings is 1. The number of nitriles is 1. The van der Waals surface area contributed by atoms with E-state index >= 15 is 0 Å². The van der Waals surface area contributed by atoms with Gasteiger partial charge in [-0.05, 0) is 18.2 Å². The van der Waals surface area contributed by atoms with E-state index in [1.165, 1.54) is 7.11 Å². The van der Waals surface area contributed by atoms with Crippen LogP contribution in [0.5, 0.6) is 0 Å². The quantitative estimate of drug-likeness (QED) is 0.733. The van der Waals surface area contributed by atoms with Gasteiger partial charge in [0, 0.05) is 13.1 Å². The standard InChI is InChI=1S/C13H14N2O3/c1-17-13(16)11-8-10(9-14)2-3-12(11)15-4-6-18-7-5-15/h2-3,8H,4-7H2,1H3. The van der Waals surface area contributed by atoms with Crippen LogP contribution in [-0.4, -0.2) is 39.4 Å². The molecule has 0 radical (unpaired) electrons. The molecule has 0 atom stereocenters. The summed E-state index contributed by atoms with van der Waals surface area (Å²) < 4.78 is 10.0. The number of nitrogens with zero attached hydrogens (tertiary/aromatic N) is 2. The van der Waals surface area contributed by atoms with Gasteiger partial charge in [-0.15, -0.1) is 0 Å². The first-order valence-electron chi connectivity index (χ1n) is 5.71. The lowest BCUT2D eigenvalue weighted by Crippen LogP contribution is -2.37. The van der Waals surface area contributed by atoms with Gasteiger partial charge in [0.25, 0.3) is 0 Å². The zero-order valence-electron chi connectivity index (χ0n) is 10.2. The van der Waals surface area contributed by atoms with Gasteiger partial charge in [0.1, 0.15) is 0 Å². The Bertz CT molecular complexity index is 487. The Morgan fingerprint density at radius 2 is 2.17 bits per heavy atom. The van der Waals surface area contributed by atoms with E-state index < -0.39 is 5.97 Å². The average molecular weight is 246 g/mol. The van der Waals surface area contributed by atoms with E-state index in [2.05, 4.69) is 4.90 Å². The van der Waals surface area contributed by atoms with E-state index in [4.69, 9.17) is 14.7 Å². The number of hydrogen-bond acceptors (Lipinski definition) is 5. The van der Waals surface area contributed by atoms with E-state index in [-0.39, 0.29) is 0 Å². The molecular weight excluding hydrogens is 232 g/mol. The molecule has 2 rings (SSSR count). The third-order valence-corrected chi connectivity index (χ3v) is 2.88. The highest BCUT2D eigenvalue weighted by molar-refractivity contribution is 5.96. The molecule has 0 spiro atoms. The highest BCUT2D eigenvalue weighted by Crippen LogP contribution is 2.23. The van der Waals surface area contributed by atoms with Crippen LogP contribution in [0.4, 0.5) is 5.69 Å².